The second-order valence-corrected chi connectivity index (χ2v) is 8.28. The van der Waals surface area contributed by atoms with Crippen molar-refractivity contribution in [2.24, 2.45) is 0 Å². The van der Waals surface area contributed by atoms with Gasteiger partial charge in [0.25, 0.3) is 11.6 Å². The molecule has 2 aromatic rings. The first-order valence-electron chi connectivity index (χ1n) is 8.58. The second-order valence-electron chi connectivity index (χ2n) is 6.30. The molecule has 0 saturated carbocycles. The van der Waals surface area contributed by atoms with E-state index < -0.39 is 43.8 Å². The van der Waals surface area contributed by atoms with Crippen molar-refractivity contribution in [1.82, 2.24) is 0 Å². The molecule has 29 heavy (non-hydrogen) atoms. The van der Waals surface area contributed by atoms with Crippen LogP contribution in [0.25, 0.3) is 0 Å². The highest BCUT2D eigenvalue weighted by Gasteiger charge is 2.24. The number of nitro groups is 1. The Morgan fingerprint density at radius 2 is 1.90 bits per heavy atom. The summed E-state index contributed by atoms with van der Waals surface area (Å²) >= 11 is 0. The SMILES string of the molecule is CCc1cccc(C)c1NC(=O)COC(=O)c1ccc(S(C)(=O)=O)c([N+](=O)[O-])c1. The Bertz CT molecular complexity index is 1080. The first kappa shape index (κ1) is 22.0. The number of nitrogens with one attached hydrogen (secondary N) is 1. The van der Waals surface area contributed by atoms with Gasteiger partial charge >= 0.3 is 5.97 Å². The van der Waals surface area contributed by atoms with E-state index in [0.717, 1.165) is 35.6 Å². The summed E-state index contributed by atoms with van der Waals surface area (Å²) in [6.45, 7) is 3.18. The van der Waals surface area contributed by atoms with Crippen LogP contribution in [0.3, 0.4) is 0 Å². The Morgan fingerprint density at radius 3 is 2.48 bits per heavy atom. The number of carbonyl (C=O) groups excluding carboxylic acids is 2. The first-order valence-corrected chi connectivity index (χ1v) is 10.5. The van der Waals surface area contributed by atoms with Gasteiger partial charge in [-0.1, -0.05) is 25.1 Å². The molecule has 0 atom stereocenters. The molecule has 1 amide bonds. The van der Waals surface area contributed by atoms with Crippen molar-refractivity contribution in [2.75, 3.05) is 18.2 Å². The largest absolute Gasteiger partial charge is 0.452 e. The number of benzene rings is 2. The quantitative estimate of drug-likeness (QED) is 0.413. The number of para-hydroxylation sites is 1. The maximum atomic E-state index is 12.2. The molecule has 0 heterocycles. The molecule has 2 aromatic carbocycles. The van der Waals surface area contributed by atoms with Crippen molar-refractivity contribution in [1.29, 1.82) is 0 Å². The van der Waals surface area contributed by atoms with Gasteiger partial charge in [0.1, 0.15) is 4.90 Å². The molecule has 0 spiro atoms. The molecule has 0 fully saturated rings. The van der Waals surface area contributed by atoms with E-state index in [1.807, 2.05) is 32.0 Å². The van der Waals surface area contributed by atoms with E-state index >= 15 is 0 Å². The topological polar surface area (TPSA) is 133 Å². The lowest BCUT2D eigenvalue weighted by Gasteiger charge is -2.13. The Morgan fingerprint density at radius 1 is 1.21 bits per heavy atom. The number of anilines is 1. The lowest BCUT2D eigenvalue weighted by Crippen LogP contribution is -2.22. The third-order valence-electron chi connectivity index (χ3n) is 4.13. The van der Waals surface area contributed by atoms with Crippen LogP contribution in [-0.2, 0) is 25.8 Å². The minimum Gasteiger partial charge on any atom is -0.452 e. The van der Waals surface area contributed by atoms with E-state index in [9.17, 15) is 28.1 Å². The van der Waals surface area contributed by atoms with Crippen molar-refractivity contribution >= 4 is 33.1 Å². The number of hydrogen-bond acceptors (Lipinski definition) is 7. The zero-order valence-electron chi connectivity index (χ0n) is 16.1. The van der Waals surface area contributed by atoms with Crippen LogP contribution in [0.2, 0.25) is 0 Å². The van der Waals surface area contributed by atoms with Crippen molar-refractivity contribution < 1.29 is 27.7 Å². The van der Waals surface area contributed by atoms with E-state index in [-0.39, 0.29) is 5.56 Å². The van der Waals surface area contributed by atoms with E-state index in [0.29, 0.717) is 12.1 Å². The monoisotopic (exact) mass is 420 g/mol. The Hall–Kier alpha value is -3.27. The molecule has 0 radical (unpaired) electrons. The van der Waals surface area contributed by atoms with Gasteiger partial charge in [-0.15, -0.1) is 0 Å². The molecule has 10 heteroatoms. The fourth-order valence-corrected chi connectivity index (χ4v) is 3.52. The number of amides is 1. The highest BCUT2D eigenvalue weighted by molar-refractivity contribution is 7.90. The number of aryl methyl sites for hydroxylation is 2. The summed E-state index contributed by atoms with van der Waals surface area (Å²) in [6.07, 6.45) is 1.53. The summed E-state index contributed by atoms with van der Waals surface area (Å²) in [5.41, 5.74) is 1.46. The van der Waals surface area contributed by atoms with Crippen molar-refractivity contribution in [3.05, 3.63) is 63.2 Å². The summed E-state index contributed by atoms with van der Waals surface area (Å²) < 4.78 is 28.2. The van der Waals surface area contributed by atoms with Crippen LogP contribution in [0.4, 0.5) is 11.4 Å². The number of sulfone groups is 1. The van der Waals surface area contributed by atoms with Crippen LogP contribution in [0.1, 0.15) is 28.4 Å². The minimum atomic E-state index is -3.85. The molecule has 0 aliphatic rings. The summed E-state index contributed by atoms with van der Waals surface area (Å²) in [5.74, 6) is -1.55. The Kier molecular flexibility index (Phi) is 6.70. The lowest BCUT2D eigenvalue weighted by molar-refractivity contribution is -0.387. The van der Waals surface area contributed by atoms with E-state index in [1.165, 1.54) is 0 Å². The molecule has 9 nitrogen and oxygen atoms in total. The molecule has 0 aromatic heterocycles. The van der Waals surface area contributed by atoms with Gasteiger partial charge in [0.15, 0.2) is 16.4 Å². The maximum absolute atomic E-state index is 12.2. The van der Waals surface area contributed by atoms with E-state index in [2.05, 4.69) is 5.32 Å². The number of nitro benzene ring substituents is 1. The predicted molar refractivity (Wildman–Crippen MR) is 106 cm³/mol. The number of rotatable bonds is 7. The Labute approximate surface area is 167 Å². The van der Waals surface area contributed by atoms with Gasteiger partial charge in [-0.2, -0.15) is 0 Å². The fourth-order valence-electron chi connectivity index (χ4n) is 2.69. The minimum absolute atomic E-state index is 0.234. The van der Waals surface area contributed by atoms with Gasteiger partial charge in [-0.25, -0.2) is 13.2 Å². The third-order valence-corrected chi connectivity index (χ3v) is 5.27. The zero-order valence-corrected chi connectivity index (χ0v) is 16.9. The van der Waals surface area contributed by atoms with Gasteiger partial charge in [0.2, 0.25) is 0 Å². The molecule has 154 valence electrons. The van der Waals surface area contributed by atoms with Crippen LogP contribution < -0.4 is 5.32 Å². The van der Waals surface area contributed by atoms with Crippen LogP contribution >= 0.6 is 0 Å². The van der Waals surface area contributed by atoms with Crippen LogP contribution in [-0.4, -0.2) is 38.1 Å². The van der Waals surface area contributed by atoms with Gasteiger partial charge in [0.05, 0.1) is 10.5 Å². The van der Waals surface area contributed by atoms with Crippen LogP contribution in [0, 0.1) is 17.0 Å². The molecular weight excluding hydrogens is 400 g/mol. The number of hydrogen-bond donors (Lipinski definition) is 1. The molecular formula is C19H20N2O7S. The Balaban J connectivity index is 2.13. The zero-order chi connectivity index (χ0) is 21.8. The number of nitrogens with zero attached hydrogens (tertiary/aromatic N) is 1. The van der Waals surface area contributed by atoms with E-state index in [1.54, 1.807) is 0 Å². The summed E-state index contributed by atoms with van der Waals surface area (Å²) in [6, 6.07) is 8.45. The van der Waals surface area contributed by atoms with Crippen molar-refractivity contribution in [3.8, 4) is 0 Å². The lowest BCUT2D eigenvalue weighted by atomic mass is 10.1. The van der Waals surface area contributed by atoms with Gasteiger partial charge in [-0.3, -0.25) is 14.9 Å². The van der Waals surface area contributed by atoms with Crippen LogP contribution in [0.5, 0.6) is 0 Å². The van der Waals surface area contributed by atoms with Crippen LogP contribution in [0.15, 0.2) is 41.3 Å². The fraction of sp³-hybridized carbons (Fsp3) is 0.263. The highest BCUT2D eigenvalue weighted by Crippen LogP contribution is 2.25. The number of carbonyl (C=O) groups is 2. The third kappa shape index (κ3) is 5.38. The van der Waals surface area contributed by atoms with E-state index in [4.69, 9.17) is 4.74 Å². The molecule has 0 bridgehead atoms. The summed E-state index contributed by atoms with van der Waals surface area (Å²) in [5, 5.41) is 13.8. The molecule has 0 saturated heterocycles. The van der Waals surface area contributed by atoms with Gasteiger partial charge in [-0.05, 0) is 36.6 Å². The predicted octanol–water partition coefficient (Wildman–Crippen LogP) is 2.66. The smallest absolute Gasteiger partial charge is 0.338 e. The van der Waals surface area contributed by atoms with Crippen molar-refractivity contribution in [3.63, 3.8) is 0 Å². The molecule has 1 N–H and O–H groups in total. The average molecular weight is 420 g/mol. The van der Waals surface area contributed by atoms with Gasteiger partial charge in [0, 0.05) is 18.0 Å². The standard InChI is InChI=1S/C19H20N2O7S/c1-4-13-7-5-6-12(2)18(13)20-17(22)11-28-19(23)14-8-9-16(29(3,26)27)15(10-14)21(24)25/h5-10H,4,11H2,1-3H3,(H,20,22). The first-order chi connectivity index (χ1) is 13.5. The molecule has 0 unspecified atom stereocenters. The average Bonchev–Trinajstić information content (AvgIpc) is 2.66. The molecule has 2 rings (SSSR count). The highest BCUT2D eigenvalue weighted by atomic mass is 32.2. The normalized spacial score (nSPS) is 11.0. The van der Waals surface area contributed by atoms with Crippen molar-refractivity contribution in [2.45, 2.75) is 25.2 Å². The summed E-state index contributed by atoms with van der Waals surface area (Å²) in [4.78, 5) is 34.0. The second kappa shape index (κ2) is 8.82. The number of ether oxygens (including phenoxy) is 1. The molecule has 0 aliphatic carbocycles. The maximum Gasteiger partial charge on any atom is 0.338 e. The molecule has 0 aliphatic heterocycles. The number of esters is 1. The summed E-state index contributed by atoms with van der Waals surface area (Å²) in [7, 11) is -3.85. The van der Waals surface area contributed by atoms with Gasteiger partial charge < -0.3 is 10.1 Å².